The van der Waals surface area contributed by atoms with Gasteiger partial charge in [-0.1, -0.05) is 0 Å². The van der Waals surface area contributed by atoms with Crippen molar-refractivity contribution in [2.45, 2.75) is 38.8 Å². The molecule has 0 saturated carbocycles. The van der Waals surface area contributed by atoms with Gasteiger partial charge in [0.1, 0.15) is 11.6 Å². The number of carbonyl (C=O) groups excluding carboxylic acids is 1. The maximum absolute atomic E-state index is 11.7. The second-order valence-corrected chi connectivity index (χ2v) is 6.73. The fourth-order valence-electron chi connectivity index (χ4n) is 1.84. The predicted octanol–water partition coefficient (Wildman–Crippen LogP) is 2.68. The molecule has 0 bridgehead atoms. The Morgan fingerprint density at radius 2 is 1.96 bits per heavy atom. The summed E-state index contributed by atoms with van der Waals surface area (Å²) in [5.74, 6) is -1.08. The predicted molar refractivity (Wildman–Crippen MR) is 86.9 cm³/mol. The molecule has 1 aromatic carbocycles. The first-order chi connectivity index (χ1) is 10.5. The summed E-state index contributed by atoms with van der Waals surface area (Å²) < 4.78 is 10.5. The number of nitrogens with one attached hydrogen (secondary N) is 1. The summed E-state index contributed by atoms with van der Waals surface area (Å²) in [6.07, 6.45) is -0.841. The van der Waals surface area contributed by atoms with E-state index in [-0.39, 0.29) is 17.9 Å². The number of hydrogen-bond donors (Lipinski definition) is 3. The maximum atomic E-state index is 11.7. The molecule has 23 heavy (non-hydrogen) atoms. The topological polar surface area (TPSA) is 105 Å². The Kier molecular flexibility index (Phi) is 6.26. The number of phenolic OH excluding ortho intramolecular Hbond substituents is 1. The zero-order valence-corrected chi connectivity index (χ0v) is 14.9. The normalized spacial score (nSPS) is 12.4. The second kappa shape index (κ2) is 7.54. The Morgan fingerprint density at radius 3 is 2.39 bits per heavy atom. The molecule has 1 aromatic rings. The molecule has 0 aliphatic heterocycles. The van der Waals surface area contributed by atoms with Crippen molar-refractivity contribution in [1.82, 2.24) is 5.32 Å². The SMILES string of the molecule is COc1c(O)cc(C[C@H](NC(=O)OC(C)(C)C)C(=O)O)cc1Br. The number of amides is 1. The first-order valence-corrected chi connectivity index (χ1v) is 7.60. The van der Waals surface area contributed by atoms with Crippen molar-refractivity contribution in [1.29, 1.82) is 0 Å². The van der Waals surface area contributed by atoms with Crippen molar-refractivity contribution in [3.05, 3.63) is 22.2 Å². The van der Waals surface area contributed by atoms with Gasteiger partial charge in [-0.25, -0.2) is 9.59 Å². The van der Waals surface area contributed by atoms with Crippen molar-refractivity contribution in [2.75, 3.05) is 7.11 Å². The van der Waals surface area contributed by atoms with E-state index in [0.717, 1.165) is 0 Å². The summed E-state index contributed by atoms with van der Waals surface area (Å²) in [5.41, 5.74) is -0.215. The number of ether oxygens (including phenoxy) is 2. The summed E-state index contributed by atoms with van der Waals surface area (Å²) in [7, 11) is 1.41. The van der Waals surface area contributed by atoms with E-state index in [1.165, 1.54) is 13.2 Å². The minimum Gasteiger partial charge on any atom is -0.504 e. The van der Waals surface area contributed by atoms with Gasteiger partial charge >= 0.3 is 12.1 Å². The number of rotatable bonds is 5. The van der Waals surface area contributed by atoms with Crippen LogP contribution in [0.4, 0.5) is 4.79 Å². The minimum atomic E-state index is -1.21. The van der Waals surface area contributed by atoms with Crippen LogP contribution in [0.15, 0.2) is 16.6 Å². The number of aromatic hydroxyl groups is 1. The van der Waals surface area contributed by atoms with Crippen LogP contribution in [0.25, 0.3) is 0 Å². The summed E-state index contributed by atoms with van der Waals surface area (Å²) in [4.78, 5) is 23.1. The zero-order chi connectivity index (χ0) is 17.8. The lowest BCUT2D eigenvalue weighted by atomic mass is 10.1. The number of methoxy groups -OCH3 is 1. The summed E-state index contributed by atoms with van der Waals surface area (Å²) in [5, 5.41) is 21.4. The number of carbonyl (C=O) groups is 2. The summed E-state index contributed by atoms with van der Waals surface area (Å²) >= 11 is 3.23. The van der Waals surface area contributed by atoms with Gasteiger partial charge in [0.2, 0.25) is 0 Å². The molecule has 0 spiro atoms. The molecule has 0 aliphatic rings. The lowest BCUT2D eigenvalue weighted by Gasteiger charge is -2.22. The van der Waals surface area contributed by atoms with Gasteiger partial charge in [0.05, 0.1) is 11.6 Å². The average molecular weight is 390 g/mol. The highest BCUT2D eigenvalue weighted by Gasteiger charge is 2.25. The first kappa shape index (κ1) is 19.1. The molecule has 8 heteroatoms. The number of aliphatic carboxylic acids is 1. The lowest BCUT2D eigenvalue weighted by molar-refractivity contribution is -0.139. The van der Waals surface area contributed by atoms with Crippen LogP contribution in [-0.2, 0) is 16.0 Å². The highest BCUT2D eigenvalue weighted by molar-refractivity contribution is 9.10. The Labute approximate surface area is 142 Å². The molecule has 0 radical (unpaired) electrons. The molecule has 3 N–H and O–H groups in total. The Bertz CT molecular complexity index is 573. The fraction of sp³-hybridized carbons (Fsp3) is 0.467. The van der Waals surface area contributed by atoms with Gasteiger partial charge in [-0.2, -0.15) is 0 Å². The van der Waals surface area contributed by atoms with Crippen molar-refractivity contribution in [2.24, 2.45) is 0 Å². The second-order valence-electron chi connectivity index (χ2n) is 5.87. The van der Waals surface area contributed by atoms with E-state index in [0.29, 0.717) is 10.0 Å². The minimum absolute atomic E-state index is 0.0231. The third-order valence-corrected chi connectivity index (χ3v) is 3.31. The molecule has 1 amide bonds. The standard InChI is InChI=1S/C15H20BrNO6/c1-15(2,3)23-14(21)17-10(13(19)20)6-8-5-9(16)12(22-4)11(18)7-8/h5,7,10,18H,6H2,1-4H3,(H,17,21)(H,19,20)/t10-/m0/s1. The Morgan fingerprint density at radius 1 is 1.35 bits per heavy atom. The van der Waals surface area contributed by atoms with Crippen LogP contribution in [0, 0.1) is 0 Å². The largest absolute Gasteiger partial charge is 0.504 e. The maximum Gasteiger partial charge on any atom is 0.408 e. The van der Waals surface area contributed by atoms with E-state index in [2.05, 4.69) is 21.2 Å². The van der Waals surface area contributed by atoms with Crippen molar-refractivity contribution >= 4 is 28.0 Å². The van der Waals surface area contributed by atoms with Gasteiger partial charge < -0.3 is 25.0 Å². The van der Waals surface area contributed by atoms with Crippen molar-refractivity contribution < 1.29 is 29.3 Å². The molecule has 0 aromatic heterocycles. The van der Waals surface area contributed by atoms with E-state index in [4.69, 9.17) is 9.47 Å². The molecular formula is C15H20BrNO6. The van der Waals surface area contributed by atoms with E-state index < -0.39 is 23.7 Å². The molecule has 128 valence electrons. The number of alkyl carbamates (subject to hydrolysis) is 1. The summed E-state index contributed by atoms with van der Waals surface area (Å²) in [6.45, 7) is 5.04. The molecule has 0 saturated heterocycles. The van der Waals surface area contributed by atoms with Crippen LogP contribution >= 0.6 is 15.9 Å². The van der Waals surface area contributed by atoms with E-state index in [1.807, 2.05) is 0 Å². The van der Waals surface area contributed by atoms with E-state index in [9.17, 15) is 19.8 Å². The van der Waals surface area contributed by atoms with E-state index in [1.54, 1.807) is 26.8 Å². The van der Waals surface area contributed by atoms with Gasteiger partial charge in [-0.05, 0) is 54.4 Å². The molecule has 7 nitrogen and oxygen atoms in total. The van der Waals surface area contributed by atoms with Gasteiger partial charge in [0.25, 0.3) is 0 Å². The molecule has 0 fully saturated rings. The first-order valence-electron chi connectivity index (χ1n) is 6.81. The van der Waals surface area contributed by atoms with Gasteiger partial charge in [0, 0.05) is 6.42 Å². The molecule has 1 rings (SSSR count). The summed E-state index contributed by atoms with van der Waals surface area (Å²) in [6, 6.07) is 1.81. The highest BCUT2D eigenvalue weighted by Crippen LogP contribution is 2.35. The van der Waals surface area contributed by atoms with Crippen molar-refractivity contribution in [3.8, 4) is 11.5 Å². The molecular weight excluding hydrogens is 370 g/mol. The van der Waals surface area contributed by atoms with Crippen LogP contribution in [-0.4, -0.2) is 41.0 Å². The number of carboxylic acid groups (broad SMARTS) is 1. The van der Waals surface area contributed by atoms with Crippen LogP contribution < -0.4 is 10.1 Å². The quantitative estimate of drug-likeness (QED) is 0.714. The number of phenols is 1. The third-order valence-electron chi connectivity index (χ3n) is 2.72. The van der Waals surface area contributed by atoms with Crippen LogP contribution in [0.1, 0.15) is 26.3 Å². The monoisotopic (exact) mass is 389 g/mol. The Hall–Kier alpha value is -1.96. The highest BCUT2D eigenvalue weighted by atomic mass is 79.9. The molecule has 0 unspecified atom stereocenters. The van der Waals surface area contributed by atoms with Crippen molar-refractivity contribution in [3.63, 3.8) is 0 Å². The molecule has 0 heterocycles. The van der Waals surface area contributed by atoms with Gasteiger partial charge in [-0.15, -0.1) is 0 Å². The zero-order valence-electron chi connectivity index (χ0n) is 13.3. The third kappa shape index (κ3) is 5.97. The van der Waals surface area contributed by atoms with Crippen LogP contribution in [0.5, 0.6) is 11.5 Å². The Balaban J connectivity index is 2.89. The average Bonchev–Trinajstić information content (AvgIpc) is 2.35. The lowest BCUT2D eigenvalue weighted by Crippen LogP contribution is -2.44. The van der Waals surface area contributed by atoms with Gasteiger partial charge in [0.15, 0.2) is 11.5 Å². The van der Waals surface area contributed by atoms with Crippen LogP contribution in [0.3, 0.4) is 0 Å². The smallest absolute Gasteiger partial charge is 0.408 e. The number of carboxylic acids is 1. The number of benzene rings is 1. The number of halogens is 1. The van der Waals surface area contributed by atoms with Crippen LogP contribution in [0.2, 0.25) is 0 Å². The fourth-order valence-corrected chi connectivity index (χ4v) is 2.50. The number of hydrogen-bond acceptors (Lipinski definition) is 5. The van der Waals surface area contributed by atoms with Gasteiger partial charge in [-0.3, -0.25) is 0 Å². The molecule has 1 atom stereocenters. The molecule has 0 aliphatic carbocycles. The van der Waals surface area contributed by atoms with E-state index >= 15 is 0 Å².